The first-order chi connectivity index (χ1) is 39.2. The summed E-state index contributed by atoms with van der Waals surface area (Å²) < 4.78 is 39.7. The van der Waals surface area contributed by atoms with Gasteiger partial charge in [-0.3, -0.25) is 23.4 Å². The third-order valence-corrected chi connectivity index (χ3v) is 14.7. The van der Waals surface area contributed by atoms with E-state index in [1.54, 1.807) is 0 Å². The number of aliphatic hydroxyl groups excluding tert-OH is 1. The number of hydrogen-bond donors (Lipinski definition) is 2. The Kier molecular flexibility index (Phi) is 59.1. The molecule has 80 heavy (non-hydrogen) atoms. The van der Waals surface area contributed by atoms with E-state index in [-0.39, 0.29) is 25.9 Å². The van der Waals surface area contributed by atoms with Gasteiger partial charge in [0.1, 0.15) is 12.7 Å². The van der Waals surface area contributed by atoms with Gasteiger partial charge in [0.2, 0.25) is 0 Å². The van der Waals surface area contributed by atoms with Crippen molar-refractivity contribution in [2.45, 2.75) is 303 Å². The van der Waals surface area contributed by atoms with Crippen LogP contribution in [-0.4, -0.2) is 66.5 Å². The molecular weight excluding hydrogens is 1020 g/mol. The number of aliphatic hydroxyl groups is 1. The maximum Gasteiger partial charge on any atom is 0.472 e. The second kappa shape index (κ2) is 61.7. The Labute approximate surface area is 490 Å². The minimum absolute atomic E-state index is 0.158. The molecule has 0 aliphatic heterocycles. The predicted octanol–water partition coefficient (Wildman–Crippen LogP) is 19.8. The highest BCUT2D eigenvalue weighted by molar-refractivity contribution is 7.47. The van der Waals surface area contributed by atoms with Crippen molar-refractivity contribution in [2.24, 2.45) is 0 Å². The van der Waals surface area contributed by atoms with Crippen LogP contribution in [0.2, 0.25) is 0 Å². The van der Waals surface area contributed by atoms with Crippen molar-refractivity contribution in [3.63, 3.8) is 0 Å². The lowest BCUT2D eigenvalue weighted by Gasteiger charge is -2.21. The highest BCUT2D eigenvalue weighted by atomic mass is 31.2. The van der Waals surface area contributed by atoms with Crippen molar-refractivity contribution in [2.75, 3.05) is 26.4 Å². The minimum atomic E-state index is -4.76. The topological polar surface area (TPSA) is 155 Å². The summed E-state index contributed by atoms with van der Waals surface area (Å²) in [5, 5.41) is 9.86. The fourth-order valence-electron chi connectivity index (χ4n) is 8.84. The van der Waals surface area contributed by atoms with Crippen molar-refractivity contribution in [1.82, 2.24) is 0 Å². The second-order valence-corrected chi connectivity index (χ2v) is 23.0. The van der Waals surface area contributed by atoms with Crippen molar-refractivity contribution in [1.29, 1.82) is 0 Å². The molecular formula is C68H119O11P. The molecule has 0 rings (SSSR count). The molecule has 12 heteroatoms. The lowest BCUT2D eigenvalue weighted by molar-refractivity contribution is -0.161. The summed E-state index contributed by atoms with van der Waals surface area (Å²) in [5.41, 5.74) is 0. The first-order valence-corrected chi connectivity index (χ1v) is 34.0. The molecule has 0 radical (unpaired) electrons. The van der Waals surface area contributed by atoms with Crippen LogP contribution in [0.5, 0.6) is 0 Å². The normalized spacial score (nSPS) is 13.8. The zero-order valence-electron chi connectivity index (χ0n) is 51.3. The molecule has 0 aliphatic rings. The van der Waals surface area contributed by atoms with Gasteiger partial charge in [0, 0.05) is 19.3 Å². The zero-order valence-corrected chi connectivity index (χ0v) is 52.2. The predicted molar refractivity (Wildman–Crippen MR) is 334 cm³/mol. The lowest BCUT2D eigenvalue weighted by atomic mass is 10.1. The number of allylic oxidation sites excluding steroid dienone is 14. The van der Waals surface area contributed by atoms with E-state index in [1.807, 2.05) is 0 Å². The highest BCUT2D eigenvalue weighted by Gasteiger charge is 2.28. The van der Waals surface area contributed by atoms with Crippen molar-refractivity contribution >= 4 is 25.7 Å². The fraction of sp³-hybridized carbons (Fsp3) is 0.750. The summed E-state index contributed by atoms with van der Waals surface area (Å²) in [6.45, 7) is 4.50. The minimum Gasteiger partial charge on any atom is -0.462 e. The van der Waals surface area contributed by atoms with Gasteiger partial charge >= 0.3 is 25.7 Å². The fourth-order valence-corrected chi connectivity index (χ4v) is 9.63. The maximum atomic E-state index is 13.0. The van der Waals surface area contributed by atoms with Gasteiger partial charge < -0.3 is 24.2 Å². The van der Waals surface area contributed by atoms with Gasteiger partial charge in [-0.2, -0.15) is 0 Å². The molecule has 0 fully saturated rings. The Morgan fingerprint density at radius 2 is 0.650 bits per heavy atom. The standard InChI is InChI=1S/C68H119O11P/c1-4-7-10-13-16-19-22-25-28-31-32-35-38-41-44-47-50-53-56-59-68(72)79-65(61-75-66(70)57-54-51-48-45-42-39-36-33-29-26-23-20-17-14-11-8-5-2)63-77-80(73,74)76-62-64(60-69)78-67(71)58-55-52-49-46-43-40-37-34-30-27-24-21-18-15-12-9-6-3/h8,11,16-21,25-30,64-65,69H,4-7,9-10,12-15,22-24,31-63H2,1-3H3,(H,73,74)/b11-8-,19-16-,20-17-,21-18-,28-25-,29-26-,30-27-. The lowest BCUT2D eigenvalue weighted by Crippen LogP contribution is -2.30. The molecule has 0 spiro atoms. The van der Waals surface area contributed by atoms with Gasteiger partial charge in [-0.15, -0.1) is 0 Å². The number of carbonyl (C=O) groups excluding carboxylic acids is 3. The van der Waals surface area contributed by atoms with Crippen LogP contribution < -0.4 is 0 Å². The van der Waals surface area contributed by atoms with Crippen LogP contribution in [0.25, 0.3) is 0 Å². The molecule has 0 amide bonds. The molecule has 0 aliphatic carbocycles. The van der Waals surface area contributed by atoms with E-state index in [2.05, 4.69) is 106 Å². The summed E-state index contributed by atoms with van der Waals surface area (Å²) in [6.07, 6.45) is 72.4. The molecule has 11 nitrogen and oxygen atoms in total. The Hall–Kier alpha value is -3.34. The van der Waals surface area contributed by atoms with Crippen LogP contribution in [0.4, 0.5) is 0 Å². The van der Waals surface area contributed by atoms with E-state index in [0.717, 1.165) is 122 Å². The molecule has 0 saturated heterocycles. The van der Waals surface area contributed by atoms with E-state index in [1.165, 1.54) is 109 Å². The van der Waals surface area contributed by atoms with Gasteiger partial charge in [-0.1, -0.05) is 241 Å². The molecule has 0 aromatic carbocycles. The van der Waals surface area contributed by atoms with E-state index in [4.69, 9.17) is 23.3 Å². The van der Waals surface area contributed by atoms with Gasteiger partial charge in [0.25, 0.3) is 0 Å². The average Bonchev–Trinajstić information content (AvgIpc) is 3.45. The number of phosphoric ester groups is 1. The Balaban J connectivity index is 4.72. The van der Waals surface area contributed by atoms with Crippen LogP contribution in [0.1, 0.15) is 290 Å². The summed E-state index contributed by atoms with van der Waals surface area (Å²) in [6, 6.07) is 0. The van der Waals surface area contributed by atoms with Gasteiger partial charge in [-0.05, 0) is 116 Å². The zero-order chi connectivity index (χ0) is 58.3. The van der Waals surface area contributed by atoms with Crippen molar-refractivity contribution in [3.8, 4) is 0 Å². The first-order valence-electron chi connectivity index (χ1n) is 32.5. The molecule has 462 valence electrons. The molecule has 3 unspecified atom stereocenters. The number of carbonyl (C=O) groups is 3. The van der Waals surface area contributed by atoms with Gasteiger partial charge in [0.15, 0.2) is 6.10 Å². The summed E-state index contributed by atoms with van der Waals surface area (Å²) in [4.78, 5) is 48.8. The van der Waals surface area contributed by atoms with Crippen LogP contribution in [-0.2, 0) is 42.2 Å². The number of unbranched alkanes of at least 4 members (excludes halogenated alkanes) is 29. The van der Waals surface area contributed by atoms with E-state index >= 15 is 0 Å². The largest absolute Gasteiger partial charge is 0.472 e. The Morgan fingerprint density at radius 1 is 0.362 bits per heavy atom. The van der Waals surface area contributed by atoms with Gasteiger partial charge in [0.05, 0.1) is 19.8 Å². The number of phosphoric acid groups is 1. The number of hydrogen-bond acceptors (Lipinski definition) is 10. The molecule has 0 aromatic rings. The molecule has 0 bridgehead atoms. The maximum absolute atomic E-state index is 13.0. The van der Waals surface area contributed by atoms with Crippen LogP contribution in [0.15, 0.2) is 85.1 Å². The molecule has 3 atom stereocenters. The average molecular weight is 1140 g/mol. The number of ether oxygens (including phenoxy) is 3. The van der Waals surface area contributed by atoms with E-state index in [9.17, 15) is 28.9 Å². The highest BCUT2D eigenvalue weighted by Crippen LogP contribution is 2.43. The Bertz CT molecular complexity index is 1670. The summed E-state index contributed by atoms with van der Waals surface area (Å²) in [5.74, 6) is -1.48. The van der Waals surface area contributed by atoms with Crippen LogP contribution >= 0.6 is 7.82 Å². The van der Waals surface area contributed by atoms with Crippen LogP contribution in [0, 0.1) is 0 Å². The van der Waals surface area contributed by atoms with E-state index in [0.29, 0.717) is 19.3 Å². The molecule has 2 N–H and O–H groups in total. The first kappa shape index (κ1) is 76.7. The number of rotatable bonds is 60. The SMILES string of the molecule is CC/C=C\C/C=C\C/C=C\CCCCCCCCCC(=O)OCC(COP(=O)(O)OCC(CO)OC(=O)CCCCCCCCC/C=C\C/C=C\CCCCC)OC(=O)CCCCCCCCCCC/C=C\C/C=C\CCCCC. The third kappa shape index (κ3) is 59.3. The monoisotopic (exact) mass is 1140 g/mol. The van der Waals surface area contributed by atoms with Crippen molar-refractivity contribution < 1.29 is 52.2 Å². The summed E-state index contributed by atoms with van der Waals surface area (Å²) in [7, 11) is -4.76. The Morgan fingerprint density at radius 3 is 1.00 bits per heavy atom. The number of esters is 3. The third-order valence-electron chi connectivity index (χ3n) is 13.8. The second-order valence-electron chi connectivity index (χ2n) is 21.5. The molecule has 0 aromatic heterocycles. The molecule has 0 heterocycles. The van der Waals surface area contributed by atoms with Crippen molar-refractivity contribution in [3.05, 3.63) is 85.1 Å². The van der Waals surface area contributed by atoms with Crippen LogP contribution in [0.3, 0.4) is 0 Å². The molecule has 0 saturated carbocycles. The smallest absolute Gasteiger partial charge is 0.462 e. The van der Waals surface area contributed by atoms with E-state index < -0.39 is 57.8 Å². The van der Waals surface area contributed by atoms with Gasteiger partial charge in [-0.25, -0.2) is 4.57 Å². The summed E-state index contributed by atoms with van der Waals surface area (Å²) >= 11 is 0. The quantitative estimate of drug-likeness (QED) is 0.0197.